The highest BCUT2D eigenvalue weighted by Gasteiger charge is 2.25. The van der Waals surface area contributed by atoms with Crippen LogP contribution < -0.4 is 5.32 Å². The number of hydrogen-bond acceptors (Lipinski definition) is 3. The molecule has 2 aromatic rings. The molecule has 2 N–H and O–H groups in total. The van der Waals surface area contributed by atoms with Crippen molar-refractivity contribution in [1.82, 2.24) is 15.1 Å². The van der Waals surface area contributed by atoms with E-state index in [9.17, 15) is 5.11 Å². The summed E-state index contributed by atoms with van der Waals surface area (Å²) in [5.74, 6) is 0. The molecule has 0 fully saturated rings. The third kappa shape index (κ3) is 3.71. The highest BCUT2D eigenvalue weighted by atomic mass is 16.3. The minimum atomic E-state index is -0.929. The highest BCUT2D eigenvalue weighted by Crippen LogP contribution is 2.22. The number of aromatic nitrogens is 2. The summed E-state index contributed by atoms with van der Waals surface area (Å²) >= 11 is 0. The number of benzene rings is 1. The van der Waals surface area contributed by atoms with Gasteiger partial charge in [0.15, 0.2) is 0 Å². The van der Waals surface area contributed by atoms with Gasteiger partial charge in [0.2, 0.25) is 0 Å². The summed E-state index contributed by atoms with van der Waals surface area (Å²) in [6.45, 7) is 8.64. The van der Waals surface area contributed by atoms with Gasteiger partial charge in [-0.1, -0.05) is 23.8 Å². The predicted molar refractivity (Wildman–Crippen MR) is 85.1 cm³/mol. The average molecular weight is 287 g/mol. The van der Waals surface area contributed by atoms with Crippen molar-refractivity contribution in [2.75, 3.05) is 6.54 Å². The molecule has 0 aliphatic heterocycles. The molecule has 114 valence electrons. The Labute approximate surface area is 126 Å². The molecule has 0 aliphatic carbocycles. The van der Waals surface area contributed by atoms with Crippen LogP contribution in [0.2, 0.25) is 0 Å². The van der Waals surface area contributed by atoms with Crippen molar-refractivity contribution in [2.24, 2.45) is 7.05 Å². The zero-order valence-corrected chi connectivity index (χ0v) is 13.5. The Hall–Kier alpha value is -1.65. The first-order valence-electron chi connectivity index (χ1n) is 7.31. The van der Waals surface area contributed by atoms with E-state index < -0.39 is 5.60 Å². The van der Waals surface area contributed by atoms with E-state index in [1.165, 1.54) is 16.7 Å². The summed E-state index contributed by atoms with van der Waals surface area (Å²) in [7, 11) is 1.85. The Kier molecular flexibility index (Phi) is 4.49. The smallest absolute Gasteiger partial charge is 0.102 e. The Bertz CT molecular complexity index is 616. The van der Waals surface area contributed by atoms with Crippen molar-refractivity contribution in [3.8, 4) is 0 Å². The molecule has 0 aliphatic rings. The molecule has 0 saturated carbocycles. The van der Waals surface area contributed by atoms with Gasteiger partial charge < -0.3 is 10.4 Å². The fourth-order valence-corrected chi connectivity index (χ4v) is 2.57. The Balaban J connectivity index is 2.05. The fraction of sp³-hybridized carbons (Fsp3) is 0.471. The predicted octanol–water partition coefficient (Wildman–Crippen LogP) is 2.60. The van der Waals surface area contributed by atoms with Gasteiger partial charge in [-0.05, 0) is 38.8 Å². The summed E-state index contributed by atoms with van der Waals surface area (Å²) in [5.41, 5.74) is 3.70. The molecule has 4 heteroatoms. The van der Waals surface area contributed by atoms with Gasteiger partial charge in [0.25, 0.3) is 0 Å². The third-order valence-corrected chi connectivity index (χ3v) is 3.97. The lowest BCUT2D eigenvalue weighted by atomic mass is 9.97. The molecule has 0 spiro atoms. The molecule has 0 radical (unpaired) electrons. The molecule has 1 aromatic heterocycles. The molecule has 0 saturated heterocycles. The van der Waals surface area contributed by atoms with Crippen LogP contribution in [0.15, 0.2) is 30.6 Å². The number of hydrogen-bond donors (Lipinski definition) is 2. The first-order chi connectivity index (χ1) is 9.79. The van der Waals surface area contributed by atoms with Gasteiger partial charge in [-0.2, -0.15) is 5.10 Å². The van der Waals surface area contributed by atoms with Crippen LogP contribution in [-0.4, -0.2) is 21.4 Å². The van der Waals surface area contributed by atoms with Gasteiger partial charge in [-0.15, -0.1) is 0 Å². The summed E-state index contributed by atoms with van der Waals surface area (Å²) < 4.78 is 1.71. The zero-order chi connectivity index (χ0) is 15.6. The van der Waals surface area contributed by atoms with Crippen molar-refractivity contribution >= 4 is 0 Å². The van der Waals surface area contributed by atoms with Gasteiger partial charge in [0.05, 0.1) is 6.20 Å². The molecule has 2 atom stereocenters. The molecule has 1 aromatic carbocycles. The molecule has 0 amide bonds. The topological polar surface area (TPSA) is 50.1 Å². The zero-order valence-electron chi connectivity index (χ0n) is 13.5. The van der Waals surface area contributed by atoms with E-state index in [1.807, 2.05) is 20.2 Å². The maximum absolute atomic E-state index is 10.6. The molecule has 2 rings (SSSR count). The number of rotatable bonds is 5. The standard InChI is InChI=1S/C17H25N3O/c1-12-6-7-16(13(2)8-12)14(3)18-11-17(4,21)15-9-19-20(5)10-15/h6-10,14,18,21H,11H2,1-5H3. The number of aliphatic hydroxyl groups is 1. The van der Waals surface area contributed by atoms with E-state index in [0.29, 0.717) is 6.54 Å². The second-order valence-corrected chi connectivity index (χ2v) is 6.14. The van der Waals surface area contributed by atoms with Gasteiger partial charge in [0.1, 0.15) is 5.60 Å². The summed E-state index contributed by atoms with van der Waals surface area (Å²) in [4.78, 5) is 0. The minimum absolute atomic E-state index is 0.189. The normalized spacial score (nSPS) is 15.7. The van der Waals surface area contributed by atoms with Crippen LogP contribution in [0.3, 0.4) is 0 Å². The number of aryl methyl sites for hydroxylation is 3. The summed E-state index contributed by atoms with van der Waals surface area (Å²) in [6, 6.07) is 6.65. The van der Waals surface area contributed by atoms with Crippen molar-refractivity contribution in [2.45, 2.75) is 39.3 Å². The second-order valence-electron chi connectivity index (χ2n) is 6.14. The molecule has 4 nitrogen and oxygen atoms in total. The van der Waals surface area contributed by atoms with E-state index in [0.717, 1.165) is 5.56 Å². The van der Waals surface area contributed by atoms with Crippen LogP contribution >= 0.6 is 0 Å². The van der Waals surface area contributed by atoms with E-state index >= 15 is 0 Å². The van der Waals surface area contributed by atoms with E-state index in [1.54, 1.807) is 10.9 Å². The Morgan fingerprint density at radius 3 is 2.67 bits per heavy atom. The van der Waals surface area contributed by atoms with Gasteiger partial charge >= 0.3 is 0 Å². The molecule has 21 heavy (non-hydrogen) atoms. The van der Waals surface area contributed by atoms with Crippen LogP contribution in [0.5, 0.6) is 0 Å². The van der Waals surface area contributed by atoms with E-state index in [4.69, 9.17) is 0 Å². The van der Waals surface area contributed by atoms with Gasteiger partial charge in [-0.25, -0.2) is 0 Å². The third-order valence-electron chi connectivity index (χ3n) is 3.97. The van der Waals surface area contributed by atoms with E-state index in [-0.39, 0.29) is 6.04 Å². The SMILES string of the molecule is Cc1ccc(C(C)NCC(C)(O)c2cnn(C)c2)c(C)c1. The van der Waals surface area contributed by atoms with Crippen molar-refractivity contribution in [3.05, 3.63) is 52.8 Å². The quantitative estimate of drug-likeness (QED) is 0.888. The summed E-state index contributed by atoms with van der Waals surface area (Å²) in [6.07, 6.45) is 3.56. The lowest BCUT2D eigenvalue weighted by molar-refractivity contribution is 0.0542. The van der Waals surface area contributed by atoms with Crippen LogP contribution in [0, 0.1) is 13.8 Å². The van der Waals surface area contributed by atoms with Crippen molar-refractivity contribution in [3.63, 3.8) is 0 Å². The lowest BCUT2D eigenvalue weighted by Gasteiger charge is -2.26. The largest absolute Gasteiger partial charge is 0.384 e. The lowest BCUT2D eigenvalue weighted by Crippen LogP contribution is -2.36. The Morgan fingerprint density at radius 2 is 2.10 bits per heavy atom. The molecular weight excluding hydrogens is 262 g/mol. The second kappa shape index (κ2) is 6.00. The number of nitrogens with one attached hydrogen (secondary N) is 1. The van der Waals surface area contributed by atoms with Crippen molar-refractivity contribution < 1.29 is 5.11 Å². The van der Waals surface area contributed by atoms with Crippen molar-refractivity contribution in [1.29, 1.82) is 0 Å². The van der Waals surface area contributed by atoms with Crippen LogP contribution in [0.4, 0.5) is 0 Å². The maximum atomic E-state index is 10.6. The van der Waals surface area contributed by atoms with Crippen LogP contribution in [-0.2, 0) is 12.6 Å². The summed E-state index contributed by atoms with van der Waals surface area (Å²) in [5, 5.41) is 18.1. The van der Waals surface area contributed by atoms with Crippen LogP contribution in [0.1, 0.15) is 42.1 Å². The van der Waals surface area contributed by atoms with E-state index in [2.05, 4.69) is 49.4 Å². The first-order valence-corrected chi connectivity index (χ1v) is 7.31. The minimum Gasteiger partial charge on any atom is -0.384 e. The fourth-order valence-electron chi connectivity index (χ4n) is 2.57. The molecule has 2 unspecified atom stereocenters. The number of nitrogens with zero attached hydrogens (tertiary/aromatic N) is 2. The van der Waals surface area contributed by atoms with Gasteiger partial charge in [-0.3, -0.25) is 4.68 Å². The Morgan fingerprint density at radius 1 is 1.38 bits per heavy atom. The highest BCUT2D eigenvalue weighted by molar-refractivity contribution is 5.32. The molecule has 0 bridgehead atoms. The first kappa shape index (κ1) is 15.7. The van der Waals surface area contributed by atoms with Crippen LogP contribution in [0.25, 0.3) is 0 Å². The maximum Gasteiger partial charge on any atom is 0.102 e. The van der Waals surface area contributed by atoms with Gasteiger partial charge in [0, 0.05) is 31.4 Å². The monoisotopic (exact) mass is 287 g/mol. The molecule has 1 heterocycles. The average Bonchev–Trinajstić information content (AvgIpc) is 2.84. The molecular formula is C17H25N3O.